The van der Waals surface area contributed by atoms with Crippen molar-refractivity contribution >= 4 is 29.0 Å². The maximum atomic E-state index is 11.4. The molecule has 2 heterocycles. The Labute approximate surface area is 83.8 Å². The summed E-state index contributed by atoms with van der Waals surface area (Å²) in [7, 11) is 0. The third kappa shape index (κ3) is 1.44. The molecule has 0 saturated heterocycles. The molecule has 0 amide bonds. The van der Waals surface area contributed by atoms with Crippen molar-refractivity contribution in [2.75, 3.05) is 6.26 Å². The maximum Gasteiger partial charge on any atom is 0.238 e. The van der Waals surface area contributed by atoms with Crippen LogP contribution in [0.5, 0.6) is 0 Å². The number of hydrogen-bond donors (Lipinski definition) is 0. The predicted octanol–water partition coefficient (Wildman–Crippen LogP) is 1.75. The second kappa shape index (κ2) is 3.43. The van der Waals surface area contributed by atoms with Crippen LogP contribution in [-0.2, 0) is 4.79 Å². The Morgan fingerprint density at radius 2 is 2.54 bits per heavy atom. The summed E-state index contributed by atoms with van der Waals surface area (Å²) < 4.78 is 5.37. The Bertz CT molecular complexity index is 325. The minimum absolute atomic E-state index is 0.00847. The van der Waals surface area contributed by atoms with Crippen LogP contribution in [0.15, 0.2) is 33.8 Å². The highest BCUT2D eigenvalue weighted by atomic mass is 32.2. The van der Waals surface area contributed by atoms with Crippen molar-refractivity contribution in [2.24, 2.45) is 9.74 Å². The number of fused-ring (bicyclic) bond motifs is 1. The highest BCUT2D eigenvalue weighted by molar-refractivity contribution is 8.13. The van der Waals surface area contributed by atoms with E-state index in [4.69, 9.17) is 0 Å². The molecular formula is C6H6N4OS2. The molecule has 0 bridgehead atoms. The van der Waals surface area contributed by atoms with E-state index in [9.17, 15) is 4.79 Å². The molecule has 5 nitrogen and oxygen atoms in total. The molecule has 2 aliphatic rings. The minimum Gasteiger partial charge on any atom is -0.280 e. The molecule has 13 heavy (non-hydrogen) atoms. The lowest BCUT2D eigenvalue weighted by molar-refractivity contribution is -0.109. The number of nitrogens with zero attached hydrogens (tertiary/aromatic N) is 4. The van der Waals surface area contributed by atoms with E-state index in [1.54, 1.807) is 29.0 Å². The van der Waals surface area contributed by atoms with Gasteiger partial charge in [-0.1, -0.05) is 16.3 Å². The van der Waals surface area contributed by atoms with Gasteiger partial charge in [0.25, 0.3) is 0 Å². The average Bonchev–Trinajstić information content (AvgIpc) is 2.63. The van der Waals surface area contributed by atoms with Crippen molar-refractivity contribution in [1.29, 1.82) is 0 Å². The lowest BCUT2D eigenvalue weighted by atomic mass is 10.4. The van der Waals surface area contributed by atoms with Gasteiger partial charge in [-0.3, -0.25) is 4.79 Å². The van der Waals surface area contributed by atoms with Crippen LogP contribution in [0.3, 0.4) is 0 Å². The molecule has 0 radical (unpaired) electrons. The Hall–Kier alpha value is -0.950. The molecule has 0 saturated carbocycles. The van der Waals surface area contributed by atoms with Crippen LogP contribution in [0.4, 0.5) is 0 Å². The molecule has 0 N–H and O–H groups in total. The standard InChI is InChI=1S/C6H6N4OS2/c1-12-6(11)5-3-2-4-9-7-8-13-10(5)9/h2-4H,1H3. The number of carbonyl (C=O) groups excluding carboxylic acids is 1. The van der Waals surface area contributed by atoms with E-state index in [1.165, 1.54) is 16.9 Å². The molecule has 0 aromatic heterocycles. The van der Waals surface area contributed by atoms with E-state index in [0.29, 0.717) is 5.70 Å². The molecule has 0 unspecified atom stereocenters. The third-order valence-electron chi connectivity index (χ3n) is 1.50. The summed E-state index contributed by atoms with van der Waals surface area (Å²) in [5.41, 5.74) is 0.588. The number of hydrazine groups is 1. The van der Waals surface area contributed by atoms with Gasteiger partial charge in [-0.2, -0.15) is 4.41 Å². The summed E-state index contributed by atoms with van der Waals surface area (Å²) in [5, 5.41) is 5.31. The average molecular weight is 214 g/mol. The molecular weight excluding hydrogens is 208 g/mol. The highest BCUT2D eigenvalue weighted by Crippen LogP contribution is 2.32. The van der Waals surface area contributed by atoms with E-state index in [2.05, 4.69) is 9.74 Å². The summed E-state index contributed by atoms with van der Waals surface area (Å²) in [6, 6.07) is 0. The van der Waals surface area contributed by atoms with Gasteiger partial charge >= 0.3 is 0 Å². The number of thioether (sulfide) groups is 1. The van der Waals surface area contributed by atoms with Crippen molar-refractivity contribution < 1.29 is 4.79 Å². The largest absolute Gasteiger partial charge is 0.280 e. The van der Waals surface area contributed by atoms with Crippen LogP contribution in [0.25, 0.3) is 0 Å². The van der Waals surface area contributed by atoms with Crippen molar-refractivity contribution in [3.8, 4) is 0 Å². The van der Waals surface area contributed by atoms with E-state index in [1.807, 2.05) is 0 Å². The van der Waals surface area contributed by atoms with Gasteiger partial charge in [-0.15, -0.1) is 5.12 Å². The van der Waals surface area contributed by atoms with Gasteiger partial charge in [-0.05, 0) is 23.6 Å². The summed E-state index contributed by atoms with van der Waals surface area (Å²) in [6.45, 7) is 0. The molecule has 0 fully saturated rings. The first-order valence-electron chi connectivity index (χ1n) is 3.47. The zero-order valence-corrected chi connectivity index (χ0v) is 8.38. The third-order valence-corrected chi connectivity index (χ3v) is 2.75. The van der Waals surface area contributed by atoms with Crippen LogP contribution >= 0.6 is 23.9 Å². The van der Waals surface area contributed by atoms with Crippen molar-refractivity contribution in [3.63, 3.8) is 0 Å². The van der Waals surface area contributed by atoms with E-state index < -0.39 is 0 Å². The van der Waals surface area contributed by atoms with Gasteiger partial charge in [0.2, 0.25) is 5.12 Å². The Morgan fingerprint density at radius 3 is 3.31 bits per heavy atom. The van der Waals surface area contributed by atoms with Crippen LogP contribution in [-0.4, -0.2) is 20.9 Å². The van der Waals surface area contributed by atoms with Gasteiger partial charge in [0.15, 0.2) is 0 Å². The van der Waals surface area contributed by atoms with Gasteiger partial charge in [0, 0.05) is 0 Å². The van der Waals surface area contributed by atoms with E-state index >= 15 is 0 Å². The molecule has 2 aliphatic heterocycles. The van der Waals surface area contributed by atoms with Gasteiger partial charge in [0.05, 0.1) is 6.20 Å². The zero-order chi connectivity index (χ0) is 9.26. The minimum atomic E-state index is 0.00847. The maximum absolute atomic E-state index is 11.4. The van der Waals surface area contributed by atoms with E-state index in [-0.39, 0.29) is 5.12 Å². The first kappa shape index (κ1) is 8.64. The Balaban J connectivity index is 2.24. The summed E-state index contributed by atoms with van der Waals surface area (Å²) in [5.74, 6) is 0. The first-order valence-corrected chi connectivity index (χ1v) is 5.42. The Morgan fingerprint density at radius 1 is 1.69 bits per heavy atom. The predicted molar refractivity (Wildman–Crippen MR) is 51.9 cm³/mol. The quantitative estimate of drug-likeness (QED) is 0.622. The number of carbonyl (C=O) groups is 1. The fourth-order valence-electron chi connectivity index (χ4n) is 0.932. The summed E-state index contributed by atoms with van der Waals surface area (Å²) in [4.78, 5) is 11.4. The van der Waals surface area contributed by atoms with Crippen molar-refractivity contribution in [2.45, 2.75) is 0 Å². The van der Waals surface area contributed by atoms with Gasteiger partial charge in [-0.25, -0.2) is 0 Å². The van der Waals surface area contributed by atoms with Crippen LogP contribution < -0.4 is 0 Å². The Kier molecular flexibility index (Phi) is 2.28. The summed E-state index contributed by atoms with van der Waals surface area (Å²) >= 11 is 2.32. The van der Waals surface area contributed by atoms with Crippen LogP contribution in [0.2, 0.25) is 0 Å². The lowest BCUT2D eigenvalue weighted by Gasteiger charge is -2.24. The molecule has 0 aromatic carbocycles. The monoisotopic (exact) mass is 214 g/mol. The van der Waals surface area contributed by atoms with Crippen LogP contribution in [0.1, 0.15) is 0 Å². The number of rotatable bonds is 1. The topological polar surface area (TPSA) is 48.3 Å². The number of allylic oxidation sites excluding steroid dienone is 2. The van der Waals surface area contributed by atoms with Crippen molar-refractivity contribution in [1.82, 2.24) is 9.53 Å². The molecule has 2 rings (SSSR count). The molecule has 0 atom stereocenters. The first-order chi connectivity index (χ1) is 6.33. The second-order valence-corrected chi connectivity index (χ2v) is 3.68. The normalized spacial score (nSPS) is 19.0. The van der Waals surface area contributed by atoms with Crippen molar-refractivity contribution in [3.05, 3.63) is 24.0 Å². The smallest absolute Gasteiger partial charge is 0.238 e. The van der Waals surface area contributed by atoms with E-state index in [0.717, 1.165) is 12.1 Å². The van der Waals surface area contributed by atoms with Crippen LogP contribution in [0, 0.1) is 0 Å². The fourth-order valence-corrected chi connectivity index (χ4v) is 1.92. The molecule has 68 valence electrons. The summed E-state index contributed by atoms with van der Waals surface area (Å²) in [6.07, 6.45) is 7.00. The number of hydrogen-bond acceptors (Lipinski definition) is 7. The zero-order valence-electron chi connectivity index (χ0n) is 6.75. The highest BCUT2D eigenvalue weighted by Gasteiger charge is 2.27. The molecule has 7 heteroatoms. The second-order valence-electron chi connectivity index (χ2n) is 2.23. The molecule has 0 aliphatic carbocycles. The van der Waals surface area contributed by atoms with Gasteiger partial charge < -0.3 is 0 Å². The lowest BCUT2D eigenvalue weighted by Crippen LogP contribution is -2.29. The molecule has 0 spiro atoms. The molecule has 0 aromatic rings. The fraction of sp³-hybridized carbons (Fsp3) is 0.167. The van der Waals surface area contributed by atoms with Gasteiger partial charge in [0.1, 0.15) is 17.8 Å². The SMILES string of the molecule is CSC(=O)C1=CC=CN2N=NSN12.